The summed E-state index contributed by atoms with van der Waals surface area (Å²) in [5, 5.41) is 16.9. The van der Waals surface area contributed by atoms with Crippen LogP contribution in [0, 0.1) is 10.1 Å². The van der Waals surface area contributed by atoms with Gasteiger partial charge in [-0.1, -0.05) is 6.07 Å². The summed E-state index contributed by atoms with van der Waals surface area (Å²) in [7, 11) is -3.79. The van der Waals surface area contributed by atoms with E-state index in [9.17, 15) is 18.5 Å². The Hall–Kier alpha value is -2.26. The number of H-pyrrole nitrogens is 1. The molecule has 2 rings (SSSR count). The zero-order valence-corrected chi connectivity index (χ0v) is 10.4. The van der Waals surface area contributed by atoms with Crippen LogP contribution in [0.15, 0.2) is 41.4 Å². The minimum atomic E-state index is -3.79. The molecule has 0 amide bonds. The van der Waals surface area contributed by atoms with Crippen molar-refractivity contribution in [1.82, 2.24) is 14.9 Å². The maximum Gasteiger partial charge on any atom is 0.270 e. The zero-order valence-electron chi connectivity index (χ0n) is 9.61. The summed E-state index contributed by atoms with van der Waals surface area (Å²) >= 11 is 0. The Kier molecular flexibility index (Phi) is 3.58. The van der Waals surface area contributed by atoms with Crippen molar-refractivity contribution in [3.63, 3.8) is 0 Å². The standard InChI is InChI=1S/C10H10N4O4S/c15-14(16)9-2-1-3-10(6-9)19(17,18)12-7-8-4-5-11-13-8/h1-6,12H,7H2,(H,11,13). The Morgan fingerprint density at radius 1 is 1.37 bits per heavy atom. The van der Waals surface area contributed by atoms with Crippen LogP contribution >= 0.6 is 0 Å². The third-order valence-electron chi connectivity index (χ3n) is 2.35. The summed E-state index contributed by atoms with van der Waals surface area (Å²) in [5.41, 5.74) is 0.318. The molecule has 0 bridgehead atoms. The number of nitro benzene ring substituents is 1. The number of nitrogens with one attached hydrogen (secondary N) is 2. The van der Waals surface area contributed by atoms with Gasteiger partial charge in [-0.3, -0.25) is 15.2 Å². The van der Waals surface area contributed by atoms with Crippen LogP contribution in [-0.4, -0.2) is 23.5 Å². The molecule has 0 aliphatic heterocycles. The van der Waals surface area contributed by atoms with Crippen molar-refractivity contribution in [3.05, 3.63) is 52.3 Å². The van der Waals surface area contributed by atoms with Crippen LogP contribution in [0.5, 0.6) is 0 Å². The average molecular weight is 282 g/mol. The lowest BCUT2D eigenvalue weighted by molar-refractivity contribution is -0.385. The minimum Gasteiger partial charge on any atom is -0.281 e. The van der Waals surface area contributed by atoms with E-state index in [0.29, 0.717) is 5.69 Å². The molecule has 0 saturated carbocycles. The number of aromatic amines is 1. The van der Waals surface area contributed by atoms with Gasteiger partial charge in [0.05, 0.1) is 22.1 Å². The second-order valence-electron chi connectivity index (χ2n) is 3.66. The third-order valence-corrected chi connectivity index (χ3v) is 3.75. The van der Waals surface area contributed by atoms with Gasteiger partial charge in [0, 0.05) is 18.3 Å². The third kappa shape index (κ3) is 3.14. The zero-order chi connectivity index (χ0) is 13.9. The Balaban J connectivity index is 2.19. The van der Waals surface area contributed by atoms with Crippen LogP contribution in [0.2, 0.25) is 0 Å². The first-order valence-electron chi connectivity index (χ1n) is 5.21. The lowest BCUT2D eigenvalue weighted by Crippen LogP contribution is -2.23. The van der Waals surface area contributed by atoms with Crippen molar-refractivity contribution in [2.45, 2.75) is 11.4 Å². The average Bonchev–Trinajstić information content (AvgIpc) is 2.90. The molecule has 1 heterocycles. The molecule has 1 aromatic heterocycles. The lowest BCUT2D eigenvalue weighted by Gasteiger charge is -2.05. The van der Waals surface area contributed by atoms with Gasteiger partial charge in [-0.25, -0.2) is 13.1 Å². The molecular weight excluding hydrogens is 272 g/mol. The molecule has 0 radical (unpaired) electrons. The number of nitro groups is 1. The highest BCUT2D eigenvalue weighted by molar-refractivity contribution is 7.89. The van der Waals surface area contributed by atoms with Crippen LogP contribution in [0.25, 0.3) is 0 Å². The lowest BCUT2D eigenvalue weighted by atomic mass is 10.3. The topological polar surface area (TPSA) is 118 Å². The fourth-order valence-corrected chi connectivity index (χ4v) is 2.45. The van der Waals surface area contributed by atoms with Crippen molar-refractivity contribution < 1.29 is 13.3 Å². The molecule has 0 aliphatic carbocycles. The smallest absolute Gasteiger partial charge is 0.270 e. The van der Waals surface area contributed by atoms with E-state index in [1.54, 1.807) is 6.07 Å². The summed E-state index contributed by atoms with van der Waals surface area (Å²) < 4.78 is 26.2. The van der Waals surface area contributed by atoms with Crippen LogP contribution < -0.4 is 4.72 Å². The van der Waals surface area contributed by atoms with Gasteiger partial charge in [0.2, 0.25) is 10.0 Å². The highest BCUT2D eigenvalue weighted by atomic mass is 32.2. The molecule has 0 atom stereocenters. The minimum absolute atomic E-state index is 0.0328. The van der Waals surface area contributed by atoms with Crippen molar-refractivity contribution in [2.75, 3.05) is 0 Å². The number of sulfonamides is 1. The number of hydrogen-bond acceptors (Lipinski definition) is 5. The predicted octanol–water partition coefficient (Wildman–Crippen LogP) is 0.796. The van der Waals surface area contributed by atoms with Gasteiger partial charge in [-0.2, -0.15) is 5.10 Å². The van der Waals surface area contributed by atoms with E-state index in [1.165, 1.54) is 24.4 Å². The number of non-ortho nitro benzene ring substituents is 1. The van der Waals surface area contributed by atoms with Crippen LogP contribution in [-0.2, 0) is 16.6 Å². The fourth-order valence-electron chi connectivity index (χ4n) is 1.40. The van der Waals surface area contributed by atoms with E-state index in [4.69, 9.17) is 0 Å². The summed E-state index contributed by atoms with van der Waals surface area (Å²) in [6, 6.07) is 6.48. The molecule has 0 saturated heterocycles. The fraction of sp³-hybridized carbons (Fsp3) is 0.100. The number of benzene rings is 1. The molecule has 2 aromatic rings. The van der Waals surface area contributed by atoms with Gasteiger partial charge in [-0.15, -0.1) is 0 Å². The first-order chi connectivity index (χ1) is 8.99. The van der Waals surface area contributed by atoms with E-state index >= 15 is 0 Å². The molecule has 19 heavy (non-hydrogen) atoms. The first-order valence-corrected chi connectivity index (χ1v) is 6.70. The SMILES string of the molecule is O=[N+]([O-])c1cccc(S(=O)(=O)NCc2ccn[nH]2)c1. The Labute approximate surface area is 108 Å². The van der Waals surface area contributed by atoms with Gasteiger partial charge in [0.15, 0.2) is 0 Å². The Bertz CT molecular complexity index is 681. The molecule has 100 valence electrons. The number of nitrogens with zero attached hydrogens (tertiary/aromatic N) is 2. The van der Waals surface area contributed by atoms with E-state index in [-0.39, 0.29) is 17.1 Å². The predicted molar refractivity (Wildman–Crippen MR) is 65.7 cm³/mol. The van der Waals surface area contributed by atoms with Crippen molar-refractivity contribution in [1.29, 1.82) is 0 Å². The van der Waals surface area contributed by atoms with Crippen LogP contribution in [0.3, 0.4) is 0 Å². The molecule has 8 nitrogen and oxygen atoms in total. The summed E-state index contributed by atoms with van der Waals surface area (Å²) in [6.45, 7) is 0.0328. The van der Waals surface area contributed by atoms with E-state index in [1.807, 2.05) is 0 Å². The molecular formula is C10H10N4O4S. The van der Waals surface area contributed by atoms with Gasteiger partial charge in [0.25, 0.3) is 5.69 Å². The molecule has 0 fully saturated rings. The Morgan fingerprint density at radius 3 is 2.79 bits per heavy atom. The Morgan fingerprint density at radius 2 is 2.16 bits per heavy atom. The summed E-state index contributed by atoms with van der Waals surface area (Å²) in [5.74, 6) is 0. The van der Waals surface area contributed by atoms with Gasteiger partial charge in [0.1, 0.15) is 0 Å². The normalized spacial score (nSPS) is 11.4. The maximum atomic E-state index is 11.9. The van der Waals surface area contributed by atoms with E-state index in [0.717, 1.165) is 6.07 Å². The molecule has 0 spiro atoms. The van der Waals surface area contributed by atoms with Gasteiger partial charge >= 0.3 is 0 Å². The molecule has 2 N–H and O–H groups in total. The highest BCUT2D eigenvalue weighted by Crippen LogP contribution is 2.17. The molecule has 1 aromatic carbocycles. The molecule has 0 aliphatic rings. The van der Waals surface area contributed by atoms with Crippen molar-refractivity contribution >= 4 is 15.7 Å². The second kappa shape index (κ2) is 5.16. The number of hydrogen-bond donors (Lipinski definition) is 2. The first kappa shape index (κ1) is 13.2. The van der Waals surface area contributed by atoms with Crippen molar-refractivity contribution in [2.24, 2.45) is 0 Å². The van der Waals surface area contributed by atoms with Crippen molar-refractivity contribution in [3.8, 4) is 0 Å². The molecule has 0 unspecified atom stereocenters. The van der Waals surface area contributed by atoms with Gasteiger partial charge < -0.3 is 0 Å². The monoisotopic (exact) mass is 282 g/mol. The van der Waals surface area contributed by atoms with Crippen LogP contribution in [0.1, 0.15) is 5.69 Å². The summed E-state index contributed by atoms with van der Waals surface area (Å²) in [4.78, 5) is 9.81. The quantitative estimate of drug-likeness (QED) is 0.621. The van der Waals surface area contributed by atoms with E-state index in [2.05, 4.69) is 14.9 Å². The highest BCUT2D eigenvalue weighted by Gasteiger charge is 2.17. The molecule has 9 heteroatoms. The largest absolute Gasteiger partial charge is 0.281 e. The van der Waals surface area contributed by atoms with Gasteiger partial charge in [-0.05, 0) is 12.1 Å². The second-order valence-corrected chi connectivity index (χ2v) is 5.43. The maximum absolute atomic E-state index is 11.9. The number of rotatable bonds is 5. The van der Waals surface area contributed by atoms with E-state index < -0.39 is 14.9 Å². The number of aromatic nitrogens is 2. The van der Waals surface area contributed by atoms with Crippen LogP contribution in [0.4, 0.5) is 5.69 Å². The summed E-state index contributed by atoms with van der Waals surface area (Å²) in [6.07, 6.45) is 1.50.